The molecular formula is C10H9N3O. The maximum Gasteiger partial charge on any atom is 0.250 e. The summed E-state index contributed by atoms with van der Waals surface area (Å²) in [5, 5.41) is 0. The number of carbonyl (C=O) groups is 1. The van der Waals surface area contributed by atoms with Gasteiger partial charge in [0.2, 0.25) is 5.91 Å². The molecule has 4 heteroatoms. The lowest BCUT2D eigenvalue weighted by molar-refractivity contribution is 0.100. The average molecular weight is 187 g/mol. The van der Waals surface area contributed by atoms with Crippen LogP contribution in [0.15, 0.2) is 43.0 Å². The number of nitrogens with two attached hydrogens (primary N) is 1. The molecule has 2 aromatic heterocycles. The van der Waals surface area contributed by atoms with Gasteiger partial charge in [0.15, 0.2) is 0 Å². The van der Waals surface area contributed by atoms with E-state index >= 15 is 0 Å². The summed E-state index contributed by atoms with van der Waals surface area (Å²) in [5.74, 6) is -0.423. The summed E-state index contributed by atoms with van der Waals surface area (Å²) in [4.78, 5) is 14.8. The second-order valence-electron chi connectivity index (χ2n) is 2.88. The summed E-state index contributed by atoms with van der Waals surface area (Å²) in [6.07, 6.45) is 6.86. The number of carbonyl (C=O) groups excluding carboxylic acids is 1. The van der Waals surface area contributed by atoms with Crippen LogP contribution in [0.2, 0.25) is 0 Å². The van der Waals surface area contributed by atoms with Gasteiger partial charge in [0.25, 0.3) is 0 Å². The summed E-state index contributed by atoms with van der Waals surface area (Å²) in [5.41, 5.74) is 6.53. The Morgan fingerprint density at radius 1 is 1.43 bits per heavy atom. The fourth-order valence-electron chi connectivity index (χ4n) is 1.21. The highest BCUT2D eigenvalue weighted by Gasteiger charge is 2.02. The second kappa shape index (κ2) is 3.33. The molecule has 0 bridgehead atoms. The zero-order valence-corrected chi connectivity index (χ0v) is 7.42. The van der Waals surface area contributed by atoms with Gasteiger partial charge in [0.1, 0.15) is 0 Å². The number of rotatable bonds is 2. The van der Waals surface area contributed by atoms with Crippen molar-refractivity contribution in [3.63, 3.8) is 0 Å². The van der Waals surface area contributed by atoms with Gasteiger partial charge in [0, 0.05) is 18.6 Å². The number of aromatic nitrogens is 2. The van der Waals surface area contributed by atoms with E-state index in [0.717, 1.165) is 5.69 Å². The Morgan fingerprint density at radius 2 is 2.29 bits per heavy atom. The molecule has 4 nitrogen and oxygen atoms in total. The third-order valence-electron chi connectivity index (χ3n) is 1.92. The largest absolute Gasteiger partial charge is 0.366 e. The molecule has 0 radical (unpaired) electrons. The maximum atomic E-state index is 10.8. The smallest absolute Gasteiger partial charge is 0.250 e. The molecule has 0 spiro atoms. The van der Waals surface area contributed by atoms with Crippen LogP contribution in [-0.4, -0.2) is 15.5 Å². The molecule has 0 aliphatic carbocycles. The Balaban J connectivity index is 2.39. The van der Waals surface area contributed by atoms with Crippen LogP contribution in [0, 0.1) is 0 Å². The number of hydrogen-bond acceptors (Lipinski definition) is 2. The average Bonchev–Trinajstić information content (AvgIpc) is 2.68. The third kappa shape index (κ3) is 1.50. The molecule has 0 atom stereocenters. The summed E-state index contributed by atoms with van der Waals surface area (Å²) >= 11 is 0. The van der Waals surface area contributed by atoms with Crippen LogP contribution in [0.1, 0.15) is 10.4 Å². The fourth-order valence-corrected chi connectivity index (χ4v) is 1.21. The first-order valence-corrected chi connectivity index (χ1v) is 4.15. The molecule has 2 N–H and O–H groups in total. The molecule has 2 aromatic rings. The van der Waals surface area contributed by atoms with Crippen LogP contribution in [0.4, 0.5) is 0 Å². The summed E-state index contributed by atoms with van der Waals surface area (Å²) in [6, 6.07) is 5.41. The number of primary amides is 1. The van der Waals surface area contributed by atoms with Gasteiger partial charge < -0.3 is 10.3 Å². The first-order chi connectivity index (χ1) is 6.77. The van der Waals surface area contributed by atoms with E-state index in [1.165, 1.54) is 0 Å². The van der Waals surface area contributed by atoms with E-state index in [1.54, 1.807) is 35.4 Å². The van der Waals surface area contributed by atoms with E-state index in [9.17, 15) is 4.79 Å². The summed E-state index contributed by atoms with van der Waals surface area (Å²) < 4.78 is 1.80. The minimum absolute atomic E-state index is 0.423. The van der Waals surface area contributed by atoms with E-state index in [-0.39, 0.29) is 0 Å². The number of amides is 1. The lowest BCUT2D eigenvalue weighted by Gasteiger charge is -1.99. The third-order valence-corrected chi connectivity index (χ3v) is 1.92. The number of nitrogens with zero attached hydrogens (tertiary/aromatic N) is 2. The predicted octanol–water partition coefficient (Wildman–Crippen LogP) is 0.971. The lowest BCUT2D eigenvalue weighted by atomic mass is 10.3. The van der Waals surface area contributed by atoms with Gasteiger partial charge in [-0.2, -0.15) is 0 Å². The van der Waals surface area contributed by atoms with Gasteiger partial charge in [-0.1, -0.05) is 0 Å². The van der Waals surface area contributed by atoms with Crippen LogP contribution < -0.4 is 5.73 Å². The van der Waals surface area contributed by atoms with E-state index in [2.05, 4.69) is 4.98 Å². The predicted molar refractivity (Wildman–Crippen MR) is 52.1 cm³/mol. The highest BCUT2D eigenvalue weighted by molar-refractivity contribution is 5.92. The normalized spacial score (nSPS) is 10.0. The topological polar surface area (TPSA) is 60.9 Å². The molecule has 0 fully saturated rings. The molecule has 0 saturated carbocycles. The summed E-state index contributed by atoms with van der Waals surface area (Å²) in [7, 11) is 0. The standard InChI is InChI=1S/C10H9N3O/c11-10(14)8-3-5-13(7-8)9-2-1-4-12-6-9/h1-7H,(H2,11,14). The molecule has 2 heterocycles. The van der Waals surface area contributed by atoms with Crippen molar-refractivity contribution in [2.24, 2.45) is 5.73 Å². The van der Waals surface area contributed by atoms with Crippen LogP contribution in [0.5, 0.6) is 0 Å². The number of hydrogen-bond donors (Lipinski definition) is 1. The van der Waals surface area contributed by atoms with Crippen molar-refractivity contribution >= 4 is 5.91 Å². The zero-order chi connectivity index (χ0) is 9.97. The summed E-state index contributed by atoms with van der Waals surface area (Å²) in [6.45, 7) is 0. The minimum Gasteiger partial charge on any atom is -0.366 e. The van der Waals surface area contributed by atoms with Gasteiger partial charge in [-0.15, -0.1) is 0 Å². The van der Waals surface area contributed by atoms with Crippen molar-refractivity contribution in [2.45, 2.75) is 0 Å². The first-order valence-electron chi connectivity index (χ1n) is 4.15. The van der Waals surface area contributed by atoms with Crippen molar-refractivity contribution in [1.29, 1.82) is 0 Å². The lowest BCUT2D eigenvalue weighted by Crippen LogP contribution is -2.09. The van der Waals surface area contributed by atoms with Crippen molar-refractivity contribution in [2.75, 3.05) is 0 Å². The quantitative estimate of drug-likeness (QED) is 0.761. The molecule has 0 aliphatic rings. The molecule has 0 saturated heterocycles. The van der Waals surface area contributed by atoms with E-state index in [0.29, 0.717) is 5.56 Å². The zero-order valence-electron chi connectivity index (χ0n) is 7.42. The second-order valence-corrected chi connectivity index (χ2v) is 2.88. The minimum atomic E-state index is -0.423. The molecule has 0 aromatic carbocycles. The molecular weight excluding hydrogens is 178 g/mol. The van der Waals surface area contributed by atoms with Crippen molar-refractivity contribution in [1.82, 2.24) is 9.55 Å². The van der Waals surface area contributed by atoms with E-state index < -0.39 is 5.91 Å². The molecule has 0 aliphatic heterocycles. The Kier molecular flexibility index (Phi) is 2.02. The van der Waals surface area contributed by atoms with Gasteiger partial charge >= 0.3 is 0 Å². The first kappa shape index (κ1) is 8.50. The molecule has 14 heavy (non-hydrogen) atoms. The SMILES string of the molecule is NC(=O)c1ccn(-c2cccnc2)c1. The van der Waals surface area contributed by atoms with Gasteiger partial charge in [-0.3, -0.25) is 9.78 Å². The Bertz CT molecular complexity index is 447. The molecule has 70 valence electrons. The van der Waals surface area contributed by atoms with Crippen molar-refractivity contribution in [3.05, 3.63) is 48.5 Å². The van der Waals surface area contributed by atoms with Crippen LogP contribution in [-0.2, 0) is 0 Å². The van der Waals surface area contributed by atoms with Crippen LogP contribution in [0.25, 0.3) is 5.69 Å². The van der Waals surface area contributed by atoms with E-state index in [1.807, 2.05) is 12.1 Å². The van der Waals surface area contributed by atoms with E-state index in [4.69, 9.17) is 5.73 Å². The van der Waals surface area contributed by atoms with Gasteiger partial charge in [-0.25, -0.2) is 0 Å². The van der Waals surface area contributed by atoms with Crippen molar-refractivity contribution < 1.29 is 4.79 Å². The van der Waals surface area contributed by atoms with Crippen LogP contribution in [0.3, 0.4) is 0 Å². The number of pyridine rings is 1. The molecule has 2 rings (SSSR count). The highest BCUT2D eigenvalue weighted by atomic mass is 16.1. The van der Waals surface area contributed by atoms with Crippen molar-refractivity contribution in [3.8, 4) is 5.69 Å². The Morgan fingerprint density at radius 3 is 2.86 bits per heavy atom. The fraction of sp³-hybridized carbons (Fsp3) is 0. The molecule has 0 unspecified atom stereocenters. The Hall–Kier alpha value is -2.10. The maximum absolute atomic E-state index is 10.8. The highest BCUT2D eigenvalue weighted by Crippen LogP contribution is 2.08. The van der Waals surface area contributed by atoms with Crippen LogP contribution >= 0.6 is 0 Å². The van der Waals surface area contributed by atoms with Gasteiger partial charge in [0.05, 0.1) is 17.4 Å². The van der Waals surface area contributed by atoms with Gasteiger partial charge in [-0.05, 0) is 18.2 Å². The molecule has 1 amide bonds. The monoisotopic (exact) mass is 187 g/mol. The Labute approximate surface area is 81.0 Å².